The number of para-hydroxylation sites is 2. The first-order valence-electron chi connectivity index (χ1n) is 17.9. The Balaban J connectivity index is 1.12. The van der Waals surface area contributed by atoms with Gasteiger partial charge in [0.2, 0.25) is 0 Å². The zero-order chi connectivity index (χ0) is 35.1. The third-order valence-corrected chi connectivity index (χ3v) is 10.0. The average Bonchev–Trinajstić information content (AvgIpc) is 3.57. The van der Waals surface area contributed by atoms with Gasteiger partial charge in [0.15, 0.2) is 17.5 Å². The van der Waals surface area contributed by atoms with Gasteiger partial charge in [-0.05, 0) is 63.9 Å². The van der Waals surface area contributed by atoms with Crippen molar-refractivity contribution in [3.8, 4) is 62.1 Å². The smallest absolute Gasteiger partial charge is 0.164 e. The first-order chi connectivity index (χ1) is 26.3. The molecule has 0 radical (unpaired) electrons. The molecule has 0 amide bonds. The minimum Gasteiger partial charge on any atom is -0.309 e. The van der Waals surface area contributed by atoms with Crippen LogP contribution in [0.2, 0.25) is 0 Å². The van der Waals surface area contributed by atoms with Crippen LogP contribution < -0.4 is 0 Å². The van der Waals surface area contributed by atoms with Crippen molar-refractivity contribution in [2.75, 3.05) is 0 Å². The lowest BCUT2D eigenvalue weighted by atomic mass is 10.0. The van der Waals surface area contributed by atoms with Crippen molar-refractivity contribution in [3.63, 3.8) is 0 Å². The second-order valence-electron chi connectivity index (χ2n) is 13.3. The molecule has 4 heteroatoms. The SMILES string of the molecule is c1ccc(-c2ccc3c(c2)c2ccccc2n3-c2ccccc2-c2cccc(-c3nc(-c4ccccc4)nc(-c4ccc5ccccc5c4)n3)c2)cc1. The second-order valence-corrected chi connectivity index (χ2v) is 13.3. The van der Waals surface area contributed by atoms with Crippen molar-refractivity contribution >= 4 is 32.6 Å². The van der Waals surface area contributed by atoms with Gasteiger partial charge in [-0.2, -0.15) is 0 Å². The Morgan fingerprint density at radius 3 is 1.68 bits per heavy atom. The van der Waals surface area contributed by atoms with Crippen molar-refractivity contribution in [3.05, 3.63) is 194 Å². The molecular weight excluding hydrogens is 645 g/mol. The van der Waals surface area contributed by atoms with Gasteiger partial charge in [0, 0.05) is 33.0 Å². The molecule has 0 unspecified atom stereocenters. The summed E-state index contributed by atoms with van der Waals surface area (Å²) < 4.78 is 2.40. The molecule has 2 aromatic heterocycles. The van der Waals surface area contributed by atoms with E-state index in [2.05, 4.69) is 168 Å². The summed E-state index contributed by atoms with van der Waals surface area (Å²) in [5.74, 6) is 1.92. The predicted molar refractivity (Wildman–Crippen MR) is 219 cm³/mol. The van der Waals surface area contributed by atoms with E-state index in [-0.39, 0.29) is 0 Å². The first kappa shape index (κ1) is 30.6. The van der Waals surface area contributed by atoms with Gasteiger partial charge >= 0.3 is 0 Å². The van der Waals surface area contributed by atoms with Crippen LogP contribution in [0.1, 0.15) is 0 Å². The molecule has 0 bridgehead atoms. The normalized spacial score (nSPS) is 11.4. The Morgan fingerprint density at radius 2 is 0.868 bits per heavy atom. The van der Waals surface area contributed by atoms with E-state index in [1.807, 2.05) is 30.3 Å². The van der Waals surface area contributed by atoms with Crippen LogP contribution in [0.4, 0.5) is 0 Å². The number of fused-ring (bicyclic) bond motifs is 4. The van der Waals surface area contributed by atoms with Crippen molar-refractivity contribution in [2.24, 2.45) is 0 Å². The molecule has 0 saturated carbocycles. The number of hydrogen-bond donors (Lipinski definition) is 0. The third kappa shape index (κ3) is 5.54. The minimum absolute atomic E-state index is 0.631. The maximum absolute atomic E-state index is 5.10. The van der Waals surface area contributed by atoms with Crippen LogP contribution in [-0.2, 0) is 0 Å². The molecular formula is C49H32N4. The third-order valence-electron chi connectivity index (χ3n) is 10.0. The zero-order valence-electron chi connectivity index (χ0n) is 28.8. The fourth-order valence-corrected chi connectivity index (χ4v) is 7.46. The zero-order valence-corrected chi connectivity index (χ0v) is 28.8. The largest absolute Gasteiger partial charge is 0.309 e. The maximum Gasteiger partial charge on any atom is 0.164 e. The van der Waals surface area contributed by atoms with E-state index in [0.29, 0.717) is 17.5 Å². The number of benzene rings is 8. The van der Waals surface area contributed by atoms with Gasteiger partial charge in [-0.1, -0.05) is 158 Å². The Hall–Kier alpha value is -7.17. The van der Waals surface area contributed by atoms with E-state index in [4.69, 9.17) is 15.0 Å². The Bertz CT molecular complexity index is 2950. The molecule has 0 atom stereocenters. The molecule has 0 aliphatic carbocycles. The Morgan fingerprint density at radius 1 is 0.302 bits per heavy atom. The predicted octanol–water partition coefficient (Wildman–Crippen LogP) is 12.5. The van der Waals surface area contributed by atoms with E-state index in [1.165, 1.54) is 38.3 Å². The van der Waals surface area contributed by atoms with Crippen LogP contribution in [0.15, 0.2) is 194 Å². The molecule has 2 heterocycles. The molecule has 4 nitrogen and oxygen atoms in total. The molecule has 53 heavy (non-hydrogen) atoms. The molecule has 0 saturated heterocycles. The Kier molecular flexibility index (Phi) is 7.43. The van der Waals surface area contributed by atoms with E-state index in [1.54, 1.807) is 0 Å². The summed E-state index contributed by atoms with van der Waals surface area (Å²) in [5.41, 5.74) is 10.9. The molecule has 10 rings (SSSR count). The number of aromatic nitrogens is 4. The highest BCUT2D eigenvalue weighted by atomic mass is 15.0. The summed E-state index contributed by atoms with van der Waals surface area (Å²) in [5, 5.41) is 4.78. The van der Waals surface area contributed by atoms with Crippen LogP contribution >= 0.6 is 0 Å². The highest BCUT2D eigenvalue weighted by Crippen LogP contribution is 2.38. The fraction of sp³-hybridized carbons (Fsp3) is 0. The van der Waals surface area contributed by atoms with Gasteiger partial charge in [-0.3, -0.25) is 0 Å². The van der Waals surface area contributed by atoms with Gasteiger partial charge in [0.25, 0.3) is 0 Å². The number of hydrogen-bond acceptors (Lipinski definition) is 3. The molecule has 248 valence electrons. The molecule has 0 aliphatic heterocycles. The van der Waals surface area contributed by atoms with Crippen molar-refractivity contribution < 1.29 is 0 Å². The fourth-order valence-electron chi connectivity index (χ4n) is 7.46. The van der Waals surface area contributed by atoms with E-state index in [9.17, 15) is 0 Å². The van der Waals surface area contributed by atoms with Crippen LogP contribution in [0.3, 0.4) is 0 Å². The topological polar surface area (TPSA) is 43.6 Å². The van der Waals surface area contributed by atoms with Crippen molar-refractivity contribution in [1.82, 2.24) is 19.5 Å². The average molecular weight is 677 g/mol. The van der Waals surface area contributed by atoms with E-state index in [0.717, 1.165) is 38.9 Å². The van der Waals surface area contributed by atoms with Crippen LogP contribution in [0, 0.1) is 0 Å². The summed E-state index contributed by atoms with van der Waals surface area (Å²) >= 11 is 0. The molecule has 0 fully saturated rings. The van der Waals surface area contributed by atoms with E-state index < -0.39 is 0 Å². The monoisotopic (exact) mass is 676 g/mol. The quantitative estimate of drug-likeness (QED) is 0.176. The maximum atomic E-state index is 5.10. The van der Waals surface area contributed by atoms with Gasteiger partial charge in [-0.25, -0.2) is 15.0 Å². The molecule has 0 aliphatic rings. The lowest BCUT2D eigenvalue weighted by Gasteiger charge is -2.15. The van der Waals surface area contributed by atoms with Gasteiger partial charge in [0.1, 0.15) is 0 Å². The summed E-state index contributed by atoms with van der Waals surface area (Å²) in [6.45, 7) is 0. The van der Waals surface area contributed by atoms with Crippen LogP contribution in [-0.4, -0.2) is 19.5 Å². The van der Waals surface area contributed by atoms with E-state index >= 15 is 0 Å². The van der Waals surface area contributed by atoms with Crippen molar-refractivity contribution in [1.29, 1.82) is 0 Å². The second kappa shape index (κ2) is 12.9. The summed E-state index contributed by atoms with van der Waals surface area (Å²) in [6.07, 6.45) is 0. The lowest BCUT2D eigenvalue weighted by molar-refractivity contribution is 1.07. The number of rotatable bonds is 6. The van der Waals surface area contributed by atoms with Gasteiger partial charge in [-0.15, -0.1) is 0 Å². The molecule has 0 spiro atoms. The standard InChI is InChI=1S/C49H32N4/c1-3-14-33(15-4-1)37-28-29-46-43(32-37)42-23-10-12-25-45(42)53(46)44-24-11-9-22-41(44)38-20-13-21-39(31-38)48-50-47(35-17-5-2-6-18-35)51-49(52-48)40-27-26-34-16-7-8-19-36(34)30-40/h1-32H. The molecule has 8 aromatic carbocycles. The lowest BCUT2D eigenvalue weighted by Crippen LogP contribution is -2.00. The molecule has 0 N–H and O–H groups in total. The van der Waals surface area contributed by atoms with Gasteiger partial charge < -0.3 is 4.57 Å². The summed E-state index contributed by atoms with van der Waals surface area (Å²) in [4.78, 5) is 15.1. The highest BCUT2D eigenvalue weighted by molar-refractivity contribution is 6.11. The van der Waals surface area contributed by atoms with Crippen LogP contribution in [0.5, 0.6) is 0 Å². The summed E-state index contributed by atoms with van der Waals surface area (Å²) in [7, 11) is 0. The van der Waals surface area contributed by atoms with Crippen molar-refractivity contribution in [2.45, 2.75) is 0 Å². The highest BCUT2D eigenvalue weighted by Gasteiger charge is 2.18. The molecule has 10 aromatic rings. The summed E-state index contributed by atoms with van der Waals surface area (Å²) in [6, 6.07) is 68.2. The number of nitrogens with zero attached hydrogens (tertiary/aromatic N) is 4. The van der Waals surface area contributed by atoms with Gasteiger partial charge in [0.05, 0.1) is 16.7 Å². The first-order valence-corrected chi connectivity index (χ1v) is 17.9. The minimum atomic E-state index is 0.631. The van der Waals surface area contributed by atoms with Crippen LogP contribution in [0.25, 0.3) is 94.7 Å². The Labute approximate surface area is 307 Å².